The Kier molecular flexibility index (Phi) is 4.98. The number of aryl methyl sites for hydroxylation is 2. The van der Waals surface area contributed by atoms with Gasteiger partial charge in [-0.15, -0.1) is 0 Å². The van der Waals surface area contributed by atoms with E-state index < -0.39 is 0 Å². The fourth-order valence-electron chi connectivity index (χ4n) is 5.42. The van der Waals surface area contributed by atoms with Crippen LogP contribution >= 0.6 is 0 Å². The number of nitrogens with one attached hydrogen (secondary N) is 1. The number of ether oxygens (including phenoxy) is 2. The standard InChI is InChI=1S/C27H28FN3O2/c1-16-3-6-20-23(30-16)7-10-26-27(20)33-19(15-32-26)14-29-13-17-4-8-24-21(11-17)22-12-18(28)5-9-25(22)31(24)2/h3,5-7,9-10,12,17,19,29H,4,8,11,13-15H2,1-2H3/t17?,19-/m0/s1. The van der Waals surface area contributed by atoms with E-state index in [1.807, 2.05) is 31.2 Å². The van der Waals surface area contributed by atoms with E-state index in [-0.39, 0.29) is 11.9 Å². The van der Waals surface area contributed by atoms with Gasteiger partial charge in [-0.2, -0.15) is 0 Å². The van der Waals surface area contributed by atoms with Crippen LogP contribution in [-0.4, -0.2) is 35.4 Å². The van der Waals surface area contributed by atoms with Crippen LogP contribution in [0.1, 0.15) is 23.4 Å². The van der Waals surface area contributed by atoms with Gasteiger partial charge in [0, 0.05) is 41.3 Å². The zero-order valence-electron chi connectivity index (χ0n) is 19.0. The van der Waals surface area contributed by atoms with Gasteiger partial charge in [-0.3, -0.25) is 4.98 Å². The lowest BCUT2D eigenvalue weighted by Crippen LogP contribution is -2.40. The summed E-state index contributed by atoms with van der Waals surface area (Å²) in [4.78, 5) is 4.60. The topological polar surface area (TPSA) is 48.3 Å². The van der Waals surface area contributed by atoms with Crippen molar-refractivity contribution in [1.82, 2.24) is 14.9 Å². The second-order valence-corrected chi connectivity index (χ2v) is 9.38. The molecule has 0 amide bonds. The van der Waals surface area contributed by atoms with Gasteiger partial charge < -0.3 is 19.4 Å². The van der Waals surface area contributed by atoms with Crippen molar-refractivity contribution in [2.24, 2.45) is 13.0 Å². The van der Waals surface area contributed by atoms with E-state index in [0.717, 1.165) is 71.4 Å². The van der Waals surface area contributed by atoms with E-state index in [4.69, 9.17) is 9.47 Å². The van der Waals surface area contributed by atoms with Crippen LogP contribution in [0.3, 0.4) is 0 Å². The molecule has 5 nitrogen and oxygen atoms in total. The molecule has 4 aromatic rings. The van der Waals surface area contributed by atoms with E-state index >= 15 is 0 Å². The molecule has 2 aromatic heterocycles. The van der Waals surface area contributed by atoms with Gasteiger partial charge in [0.25, 0.3) is 0 Å². The van der Waals surface area contributed by atoms with Crippen molar-refractivity contribution in [3.63, 3.8) is 0 Å². The molecule has 0 fully saturated rings. The normalized spacial score (nSPS) is 19.7. The molecule has 0 radical (unpaired) electrons. The van der Waals surface area contributed by atoms with Crippen LogP contribution in [-0.2, 0) is 19.9 Å². The summed E-state index contributed by atoms with van der Waals surface area (Å²) in [6.45, 7) is 4.16. The van der Waals surface area contributed by atoms with Crippen LogP contribution in [0.4, 0.5) is 4.39 Å². The quantitative estimate of drug-likeness (QED) is 0.494. The zero-order valence-corrected chi connectivity index (χ0v) is 19.0. The lowest BCUT2D eigenvalue weighted by atomic mass is 9.86. The summed E-state index contributed by atoms with van der Waals surface area (Å²) in [6, 6.07) is 13.1. The Morgan fingerprint density at radius 2 is 2.03 bits per heavy atom. The molecule has 0 saturated heterocycles. The molecular formula is C27H28FN3O2. The van der Waals surface area contributed by atoms with Crippen molar-refractivity contribution in [2.45, 2.75) is 32.3 Å². The second-order valence-electron chi connectivity index (χ2n) is 9.38. The lowest BCUT2D eigenvalue weighted by molar-refractivity contribution is 0.0915. The fourth-order valence-corrected chi connectivity index (χ4v) is 5.42. The molecule has 2 atom stereocenters. The molecule has 0 spiro atoms. The molecule has 0 bridgehead atoms. The van der Waals surface area contributed by atoms with Gasteiger partial charge in [0.2, 0.25) is 0 Å². The van der Waals surface area contributed by atoms with E-state index in [2.05, 4.69) is 28.0 Å². The van der Waals surface area contributed by atoms with E-state index in [1.54, 1.807) is 12.1 Å². The highest BCUT2D eigenvalue weighted by Gasteiger charge is 2.26. The van der Waals surface area contributed by atoms with Crippen molar-refractivity contribution in [1.29, 1.82) is 0 Å². The molecule has 33 heavy (non-hydrogen) atoms. The molecule has 0 saturated carbocycles. The van der Waals surface area contributed by atoms with Gasteiger partial charge in [0.15, 0.2) is 11.5 Å². The SMILES string of the molecule is Cc1ccc2c3c(ccc2n1)OC[C@H](CNCC1CCc2c(c4cc(F)ccc4n2C)C1)O3. The summed E-state index contributed by atoms with van der Waals surface area (Å²) in [5, 5.41) is 5.66. The zero-order chi connectivity index (χ0) is 22.5. The van der Waals surface area contributed by atoms with Crippen molar-refractivity contribution >= 4 is 21.8 Å². The highest BCUT2D eigenvalue weighted by Crippen LogP contribution is 2.38. The van der Waals surface area contributed by atoms with Crippen molar-refractivity contribution in [3.8, 4) is 11.5 Å². The molecule has 2 aliphatic rings. The summed E-state index contributed by atoms with van der Waals surface area (Å²) >= 11 is 0. The van der Waals surface area contributed by atoms with Crippen molar-refractivity contribution in [3.05, 3.63) is 65.2 Å². The molecule has 6 heteroatoms. The predicted molar refractivity (Wildman–Crippen MR) is 128 cm³/mol. The van der Waals surface area contributed by atoms with Gasteiger partial charge in [0.1, 0.15) is 18.5 Å². The first-order chi connectivity index (χ1) is 16.1. The first-order valence-electron chi connectivity index (χ1n) is 11.7. The minimum absolute atomic E-state index is 0.0461. The third kappa shape index (κ3) is 3.62. The lowest BCUT2D eigenvalue weighted by Gasteiger charge is -2.29. The van der Waals surface area contributed by atoms with E-state index in [1.165, 1.54) is 11.3 Å². The van der Waals surface area contributed by atoms with Crippen LogP contribution in [0.2, 0.25) is 0 Å². The Labute approximate surface area is 192 Å². The van der Waals surface area contributed by atoms with Crippen molar-refractivity contribution < 1.29 is 13.9 Å². The summed E-state index contributed by atoms with van der Waals surface area (Å²) in [7, 11) is 2.09. The third-order valence-corrected chi connectivity index (χ3v) is 7.12. The first kappa shape index (κ1) is 20.5. The monoisotopic (exact) mass is 445 g/mol. The number of nitrogens with zero attached hydrogens (tertiary/aromatic N) is 2. The summed E-state index contributed by atoms with van der Waals surface area (Å²) < 4.78 is 28.5. The fraction of sp³-hybridized carbons (Fsp3) is 0.370. The van der Waals surface area contributed by atoms with Crippen LogP contribution in [0, 0.1) is 18.7 Å². The molecular weight excluding hydrogens is 417 g/mol. The highest BCUT2D eigenvalue weighted by molar-refractivity contribution is 5.88. The number of pyridine rings is 1. The number of hydrogen-bond acceptors (Lipinski definition) is 4. The minimum atomic E-state index is -0.163. The molecule has 3 heterocycles. The Bertz CT molecular complexity index is 1360. The number of aromatic nitrogens is 2. The maximum absolute atomic E-state index is 13.9. The van der Waals surface area contributed by atoms with Crippen LogP contribution in [0.5, 0.6) is 11.5 Å². The first-order valence-corrected chi connectivity index (χ1v) is 11.7. The maximum Gasteiger partial charge on any atom is 0.171 e. The van der Waals surface area contributed by atoms with E-state index in [9.17, 15) is 4.39 Å². The molecule has 170 valence electrons. The number of benzene rings is 2. The highest BCUT2D eigenvalue weighted by atomic mass is 19.1. The summed E-state index contributed by atoms with van der Waals surface area (Å²) in [5.74, 6) is 1.94. The smallest absolute Gasteiger partial charge is 0.171 e. The van der Waals surface area contributed by atoms with Crippen molar-refractivity contribution in [2.75, 3.05) is 19.7 Å². The average molecular weight is 446 g/mol. The predicted octanol–water partition coefficient (Wildman–Crippen LogP) is 4.71. The van der Waals surface area contributed by atoms with Crippen LogP contribution in [0.15, 0.2) is 42.5 Å². The molecule has 2 aromatic carbocycles. The maximum atomic E-state index is 13.9. The summed E-state index contributed by atoms with van der Waals surface area (Å²) in [6.07, 6.45) is 3.09. The largest absolute Gasteiger partial charge is 0.486 e. The number of halogens is 1. The number of hydrogen-bond donors (Lipinski definition) is 1. The second kappa shape index (κ2) is 8.03. The molecule has 1 unspecified atom stereocenters. The van der Waals surface area contributed by atoms with E-state index in [0.29, 0.717) is 12.5 Å². The Morgan fingerprint density at radius 3 is 2.94 bits per heavy atom. The summed E-state index contributed by atoms with van der Waals surface area (Å²) in [5.41, 5.74) is 5.70. The molecule has 1 aliphatic heterocycles. The van der Waals surface area contributed by atoms with Gasteiger partial charge >= 0.3 is 0 Å². The minimum Gasteiger partial charge on any atom is -0.486 e. The Hall–Kier alpha value is -3.12. The average Bonchev–Trinajstić information content (AvgIpc) is 3.09. The van der Waals surface area contributed by atoms with Gasteiger partial charge in [-0.1, -0.05) is 0 Å². The molecule has 1 N–H and O–H groups in total. The van der Waals surface area contributed by atoms with Crippen LogP contribution in [0.25, 0.3) is 21.8 Å². The van der Waals surface area contributed by atoms with Gasteiger partial charge in [-0.05, 0) is 86.7 Å². The number of rotatable bonds is 4. The van der Waals surface area contributed by atoms with Gasteiger partial charge in [0.05, 0.1) is 5.52 Å². The van der Waals surface area contributed by atoms with Gasteiger partial charge in [-0.25, -0.2) is 4.39 Å². The third-order valence-electron chi connectivity index (χ3n) is 7.12. The Morgan fingerprint density at radius 1 is 1.12 bits per heavy atom. The number of fused-ring (bicyclic) bond motifs is 6. The van der Waals surface area contributed by atoms with Crippen LogP contribution < -0.4 is 14.8 Å². The molecule has 6 rings (SSSR count). The molecule has 1 aliphatic carbocycles. The Balaban J connectivity index is 1.12.